The zero-order valence-electron chi connectivity index (χ0n) is 8.82. The molecule has 0 spiro atoms. The van der Waals surface area contributed by atoms with Crippen LogP contribution in [-0.2, 0) is 10.2 Å². The lowest BCUT2D eigenvalue weighted by Gasteiger charge is -2.13. The van der Waals surface area contributed by atoms with Gasteiger partial charge < -0.3 is 5.11 Å². The van der Waals surface area contributed by atoms with Gasteiger partial charge in [0.05, 0.1) is 5.41 Å². The maximum atomic E-state index is 11.3. The Kier molecular flexibility index (Phi) is 3.01. The maximum absolute atomic E-state index is 11.3. The molecule has 1 fully saturated rings. The highest BCUT2D eigenvalue weighted by atomic mass is 35.5. The van der Waals surface area contributed by atoms with Gasteiger partial charge in [-0.3, -0.25) is 4.79 Å². The van der Waals surface area contributed by atoms with E-state index in [1.807, 2.05) is 36.4 Å². The number of hydrogen-bond acceptors (Lipinski definition) is 1. The van der Waals surface area contributed by atoms with Gasteiger partial charge in [0, 0.05) is 5.88 Å². The summed E-state index contributed by atoms with van der Waals surface area (Å²) in [5.74, 6) is -0.284. The third kappa shape index (κ3) is 1.85. The highest BCUT2D eigenvalue weighted by molar-refractivity contribution is 6.19. The Morgan fingerprint density at radius 1 is 1.44 bits per heavy atom. The van der Waals surface area contributed by atoms with Crippen molar-refractivity contribution in [3.05, 3.63) is 41.5 Å². The Bertz CT molecular complexity index is 433. The molecule has 0 aromatic heterocycles. The number of carboxylic acid groups (broad SMARTS) is 1. The van der Waals surface area contributed by atoms with Gasteiger partial charge in [0.1, 0.15) is 0 Å². The van der Waals surface area contributed by atoms with Crippen LogP contribution < -0.4 is 0 Å². The van der Waals surface area contributed by atoms with Gasteiger partial charge in [-0.1, -0.05) is 36.4 Å². The zero-order chi connectivity index (χ0) is 11.6. The molecule has 0 radical (unpaired) electrons. The predicted molar refractivity (Wildman–Crippen MR) is 64.7 cm³/mol. The van der Waals surface area contributed by atoms with Crippen LogP contribution in [0, 0.1) is 0 Å². The summed E-state index contributed by atoms with van der Waals surface area (Å²) < 4.78 is 0. The number of hydrogen-bond donors (Lipinski definition) is 1. The molecule has 1 aliphatic rings. The summed E-state index contributed by atoms with van der Waals surface area (Å²) in [6.07, 6.45) is 5.19. The Balaban J connectivity index is 2.41. The van der Waals surface area contributed by atoms with Crippen molar-refractivity contribution in [3.63, 3.8) is 0 Å². The van der Waals surface area contributed by atoms with Crippen molar-refractivity contribution < 1.29 is 9.90 Å². The molecule has 1 aliphatic carbocycles. The minimum Gasteiger partial charge on any atom is -0.481 e. The second-order valence-electron chi connectivity index (χ2n) is 4.03. The molecule has 1 saturated carbocycles. The Morgan fingerprint density at radius 3 is 2.69 bits per heavy atom. The molecule has 0 heterocycles. The molecular formula is C13H13ClO2. The quantitative estimate of drug-likeness (QED) is 0.816. The normalized spacial score (nSPS) is 17.6. The topological polar surface area (TPSA) is 37.3 Å². The molecule has 3 heteroatoms. The highest BCUT2D eigenvalue weighted by Gasteiger charge is 2.52. The van der Waals surface area contributed by atoms with Crippen LogP contribution in [0.5, 0.6) is 0 Å². The zero-order valence-corrected chi connectivity index (χ0v) is 9.57. The summed E-state index contributed by atoms with van der Waals surface area (Å²) in [6, 6.07) is 7.63. The fourth-order valence-electron chi connectivity index (χ4n) is 1.97. The molecule has 0 saturated heterocycles. The fourth-order valence-corrected chi connectivity index (χ4v) is 2.06. The molecule has 0 bridgehead atoms. The maximum Gasteiger partial charge on any atom is 0.314 e. The summed E-state index contributed by atoms with van der Waals surface area (Å²) in [5.41, 5.74) is 1.22. The third-order valence-corrected chi connectivity index (χ3v) is 3.20. The van der Waals surface area contributed by atoms with E-state index in [0.717, 1.165) is 24.0 Å². The minimum absolute atomic E-state index is 0.439. The molecule has 2 rings (SSSR count). The van der Waals surface area contributed by atoms with Gasteiger partial charge in [0.2, 0.25) is 0 Å². The summed E-state index contributed by atoms with van der Waals surface area (Å²) in [5, 5.41) is 9.26. The van der Waals surface area contributed by atoms with Crippen molar-refractivity contribution in [3.8, 4) is 0 Å². The number of benzene rings is 1. The number of aliphatic carboxylic acids is 1. The molecule has 2 nitrogen and oxygen atoms in total. The molecule has 16 heavy (non-hydrogen) atoms. The van der Waals surface area contributed by atoms with Gasteiger partial charge >= 0.3 is 5.97 Å². The van der Waals surface area contributed by atoms with Crippen molar-refractivity contribution in [2.45, 2.75) is 18.3 Å². The van der Waals surface area contributed by atoms with Crippen LogP contribution in [0.2, 0.25) is 0 Å². The second-order valence-corrected chi connectivity index (χ2v) is 4.34. The molecule has 84 valence electrons. The van der Waals surface area contributed by atoms with Crippen molar-refractivity contribution in [2.75, 3.05) is 5.88 Å². The van der Waals surface area contributed by atoms with E-state index in [4.69, 9.17) is 11.6 Å². The number of halogens is 1. The summed E-state index contributed by atoms with van der Waals surface area (Å²) in [6.45, 7) is 0. The van der Waals surface area contributed by atoms with Gasteiger partial charge in [-0.25, -0.2) is 0 Å². The van der Waals surface area contributed by atoms with Crippen LogP contribution in [0.3, 0.4) is 0 Å². The van der Waals surface area contributed by atoms with Gasteiger partial charge in [-0.2, -0.15) is 0 Å². The number of alkyl halides is 1. The lowest BCUT2D eigenvalue weighted by atomic mass is 9.91. The standard InChI is InChI=1S/C13H13ClO2/c14-9-3-5-10-4-1-2-6-11(10)13(7-8-13)12(15)16/h1-6H,7-9H2,(H,15,16). The van der Waals surface area contributed by atoms with E-state index in [1.54, 1.807) is 0 Å². The molecule has 1 aromatic rings. The third-order valence-electron chi connectivity index (χ3n) is 3.02. The Hall–Kier alpha value is -1.28. The summed E-state index contributed by atoms with van der Waals surface area (Å²) >= 11 is 5.59. The molecule has 0 unspecified atom stereocenters. The van der Waals surface area contributed by atoms with Crippen molar-refractivity contribution in [1.29, 1.82) is 0 Å². The van der Waals surface area contributed by atoms with E-state index in [-0.39, 0.29) is 0 Å². The number of carboxylic acids is 1. The molecule has 1 aromatic carbocycles. The predicted octanol–water partition coefficient (Wildman–Crippen LogP) is 3.05. The Morgan fingerprint density at radius 2 is 2.12 bits per heavy atom. The minimum atomic E-state index is -0.723. The monoisotopic (exact) mass is 236 g/mol. The average Bonchev–Trinajstić information content (AvgIpc) is 3.08. The molecule has 1 N–H and O–H groups in total. The summed E-state index contributed by atoms with van der Waals surface area (Å²) in [7, 11) is 0. The van der Waals surface area contributed by atoms with Crippen LogP contribution in [0.1, 0.15) is 24.0 Å². The SMILES string of the molecule is O=C(O)C1(c2ccccc2C=CCCl)CC1. The van der Waals surface area contributed by atoms with E-state index in [2.05, 4.69) is 0 Å². The van der Waals surface area contributed by atoms with Crippen LogP contribution in [0.15, 0.2) is 30.3 Å². The van der Waals surface area contributed by atoms with Gasteiger partial charge in [0.15, 0.2) is 0 Å². The van der Waals surface area contributed by atoms with Crippen LogP contribution in [0.4, 0.5) is 0 Å². The first-order chi connectivity index (χ1) is 7.70. The Labute approximate surface area is 99.5 Å². The summed E-state index contributed by atoms with van der Waals surface area (Å²) in [4.78, 5) is 11.3. The highest BCUT2D eigenvalue weighted by Crippen LogP contribution is 2.49. The number of allylic oxidation sites excluding steroid dienone is 1. The van der Waals surface area contributed by atoms with E-state index in [1.165, 1.54) is 0 Å². The largest absolute Gasteiger partial charge is 0.481 e. The van der Waals surface area contributed by atoms with E-state index in [0.29, 0.717) is 5.88 Å². The van der Waals surface area contributed by atoms with Crippen LogP contribution >= 0.6 is 11.6 Å². The lowest BCUT2D eigenvalue weighted by molar-refractivity contribution is -0.140. The van der Waals surface area contributed by atoms with Crippen molar-refractivity contribution >= 4 is 23.6 Å². The van der Waals surface area contributed by atoms with Gasteiger partial charge in [-0.05, 0) is 24.0 Å². The fraction of sp³-hybridized carbons (Fsp3) is 0.308. The van der Waals surface area contributed by atoms with Crippen molar-refractivity contribution in [1.82, 2.24) is 0 Å². The first-order valence-corrected chi connectivity index (χ1v) is 5.79. The van der Waals surface area contributed by atoms with E-state index >= 15 is 0 Å². The van der Waals surface area contributed by atoms with Gasteiger partial charge in [-0.15, -0.1) is 11.6 Å². The first kappa shape index (κ1) is 11.2. The smallest absolute Gasteiger partial charge is 0.314 e. The number of rotatable bonds is 4. The van der Waals surface area contributed by atoms with E-state index in [9.17, 15) is 9.90 Å². The first-order valence-electron chi connectivity index (χ1n) is 5.26. The molecule has 0 atom stereocenters. The molecule has 0 aliphatic heterocycles. The van der Waals surface area contributed by atoms with Gasteiger partial charge in [0.25, 0.3) is 0 Å². The van der Waals surface area contributed by atoms with Crippen LogP contribution in [-0.4, -0.2) is 17.0 Å². The van der Waals surface area contributed by atoms with Crippen LogP contribution in [0.25, 0.3) is 6.08 Å². The van der Waals surface area contributed by atoms with E-state index < -0.39 is 11.4 Å². The molecular weight excluding hydrogens is 224 g/mol. The number of carbonyl (C=O) groups is 1. The lowest BCUT2D eigenvalue weighted by Crippen LogP contribution is -2.20. The second kappa shape index (κ2) is 4.30. The average molecular weight is 237 g/mol. The molecule has 0 amide bonds. The van der Waals surface area contributed by atoms with Crippen molar-refractivity contribution in [2.24, 2.45) is 0 Å².